The fourth-order valence-electron chi connectivity index (χ4n) is 2.72. The van der Waals surface area contributed by atoms with Crippen molar-refractivity contribution in [3.8, 4) is 11.3 Å². The quantitative estimate of drug-likeness (QED) is 0.900. The molecule has 0 spiro atoms. The van der Waals surface area contributed by atoms with Crippen LogP contribution in [-0.2, 0) is 12.5 Å². The van der Waals surface area contributed by atoms with Gasteiger partial charge in [0, 0.05) is 18.0 Å². The minimum Gasteiger partial charge on any atom is -0.383 e. The second kappa shape index (κ2) is 4.37. The Labute approximate surface area is 120 Å². The Morgan fingerprint density at radius 2 is 1.75 bits per heavy atom. The summed E-state index contributed by atoms with van der Waals surface area (Å²) in [6.45, 7) is 6.48. The zero-order valence-corrected chi connectivity index (χ0v) is 12.8. The molecule has 106 valence electrons. The summed E-state index contributed by atoms with van der Waals surface area (Å²) in [7, 11) is 1.99. The van der Waals surface area contributed by atoms with Gasteiger partial charge in [0.1, 0.15) is 17.3 Å². The second-order valence-corrected chi connectivity index (χ2v) is 6.87. The number of hydrogen-bond acceptors (Lipinski definition) is 2. The molecule has 1 aromatic heterocycles. The number of aromatic nitrogens is 2. The third-order valence-electron chi connectivity index (χ3n) is 4.04. The van der Waals surface area contributed by atoms with Gasteiger partial charge >= 0.3 is 0 Å². The smallest absolute Gasteiger partial charge is 0.131 e. The molecular formula is C17H23N3. The van der Waals surface area contributed by atoms with Crippen LogP contribution in [0.4, 0.5) is 5.82 Å². The molecule has 1 saturated carbocycles. The molecule has 0 atom stereocenters. The third kappa shape index (κ3) is 2.21. The number of rotatable bonds is 2. The predicted molar refractivity (Wildman–Crippen MR) is 83.7 cm³/mol. The molecule has 3 rings (SSSR count). The van der Waals surface area contributed by atoms with Crippen LogP contribution in [0.1, 0.15) is 50.9 Å². The van der Waals surface area contributed by atoms with E-state index in [4.69, 9.17) is 10.7 Å². The molecule has 3 nitrogen and oxygen atoms in total. The van der Waals surface area contributed by atoms with Crippen molar-refractivity contribution in [2.24, 2.45) is 7.05 Å². The van der Waals surface area contributed by atoms with Gasteiger partial charge in [0.05, 0.1) is 0 Å². The van der Waals surface area contributed by atoms with Crippen LogP contribution >= 0.6 is 0 Å². The summed E-state index contributed by atoms with van der Waals surface area (Å²) in [5.74, 6) is 2.56. The number of nitrogens with zero attached hydrogens (tertiary/aromatic N) is 2. The summed E-state index contributed by atoms with van der Waals surface area (Å²) in [6.07, 6.45) is 2.67. The molecule has 1 fully saturated rings. The summed E-state index contributed by atoms with van der Waals surface area (Å²) in [5.41, 5.74) is 9.69. The lowest BCUT2D eigenvalue weighted by molar-refractivity contribution is 0.524. The SMILES string of the molecule is Cn1c(C(C)(C)C)nc(-c2ccc(C3CC3)cc2)c1N. The zero-order valence-electron chi connectivity index (χ0n) is 12.8. The molecule has 3 heteroatoms. The highest BCUT2D eigenvalue weighted by Crippen LogP contribution is 2.40. The van der Waals surface area contributed by atoms with E-state index in [1.807, 2.05) is 11.6 Å². The van der Waals surface area contributed by atoms with Crippen LogP contribution in [-0.4, -0.2) is 9.55 Å². The Morgan fingerprint density at radius 1 is 1.15 bits per heavy atom. The van der Waals surface area contributed by atoms with Crippen molar-refractivity contribution in [1.82, 2.24) is 9.55 Å². The van der Waals surface area contributed by atoms with Crippen molar-refractivity contribution in [2.45, 2.75) is 44.9 Å². The van der Waals surface area contributed by atoms with Crippen molar-refractivity contribution in [2.75, 3.05) is 5.73 Å². The van der Waals surface area contributed by atoms with Gasteiger partial charge in [0.2, 0.25) is 0 Å². The first-order valence-electron chi connectivity index (χ1n) is 7.31. The van der Waals surface area contributed by atoms with Gasteiger partial charge in [0.25, 0.3) is 0 Å². The normalized spacial score (nSPS) is 15.6. The summed E-state index contributed by atoms with van der Waals surface area (Å²) < 4.78 is 2.00. The number of imidazole rings is 1. The van der Waals surface area contributed by atoms with Gasteiger partial charge < -0.3 is 10.3 Å². The predicted octanol–water partition coefficient (Wildman–Crippen LogP) is 3.84. The summed E-state index contributed by atoms with van der Waals surface area (Å²) in [5, 5.41) is 0. The lowest BCUT2D eigenvalue weighted by atomic mass is 9.96. The summed E-state index contributed by atoms with van der Waals surface area (Å²) in [6, 6.07) is 8.74. The van der Waals surface area contributed by atoms with E-state index < -0.39 is 0 Å². The van der Waals surface area contributed by atoms with Crippen molar-refractivity contribution >= 4 is 5.82 Å². The van der Waals surface area contributed by atoms with Crippen LogP contribution in [0.25, 0.3) is 11.3 Å². The van der Waals surface area contributed by atoms with Gasteiger partial charge in [-0.3, -0.25) is 0 Å². The van der Waals surface area contributed by atoms with Gasteiger partial charge in [-0.25, -0.2) is 4.98 Å². The minimum absolute atomic E-state index is 0.00489. The maximum atomic E-state index is 6.24. The van der Waals surface area contributed by atoms with Crippen LogP contribution < -0.4 is 5.73 Å². The first kappa shape index (κ1) is 13.2. The van der Waals surface area contributed by atoms with Gasteiger partial charge in [-0.1, -0.05) is 45.0 Å². The van der Waals surface area contributed by atoms with Crippen molar-refractivity contribution in [1.29, 1.82) is 0 Å². The highest BCUT2D eigenvalue weighted by atomic mass is 15.1. The first-order chi connectivity index (χ1) is 9.38. The average molecular weight is 269 g/mol. The molecule has 0 unspecified atom stereocenters. The largest absolute Gasteiger partial charge is 0.383 e. The Morgan fingerprint density at radius 3 is 2.20 bits per heavy atom. The van der Waals surface area contributed by atoms with E-state index in [1.165, 1.54) is 18.4 Å². The molecule has 0 saturated heterocycles. The van der Waals surface area contributed by atoms with Crippen molar-refractivity contribution in [3.05, 3.63) is 35.7 Å². The summed E-state index contributed by atoms with van der Waals surface area (Å²) in [4.78, 5) is 4.78. The van der Waals surface area contributed by atoms with Crippen LogP contribution in [0.3, 0.4) is 0 Å². The number of nitrogens with two attached hydrogens (primary N) is 1. The van der Waals surface area contributed by atoms with Gasteiger partial charge in [-0.15, -0.1) is 0 Å². The van der Waals surface area contributed by atoms with Crippen LogP contribution in [0, 0.1) is 0 Å². The maximum absolute atomic E-state index is 6.24. The summed E-state index contributed by atoms with van der Waals surface area (Å²) >= 11 is 0. The van der Waals surface area contributed by atoms with E-state index >= 15 is 0 Å². The molecule has 0 radical (unpaired) electrons. The van der Waals surface area contributed by atoms with E-state index in [9.17, 15) is 0 Å². The molecule has 1 heterocycles. The number of hydrogen-bond donors (Lipinski definition) is 1. The van der Waals surface area contributed by atoms with Gasteiger partial charge in [0.15, 0.2) is 0 Å². The van der Waals surface area contributed by atoms with E-state index in [-0.39, 0.29) is 5.41 Å². The number of benzene rings is 1. The molecular weight excluding hydrogens is 246 g/mol. The second-order valence-electron chi connectivity index (χ2n) is 6.87. The average Bonchev–Trinajstić information content (AvgIpc) is 3.18. The lowest BCUT2D eigenvalue weighted by Crippen LogP contribution is -2.17. The molecule has 2 N–H and O–H groups in total. The van der Waals surface area contributed by atoms with E-state index in [0.717, 1.165) is 28.8 Å². The van der Waals surface area contributed by atoms with Crippen molar-refractivity contribution in [3.63, 3.8) is 0 Å². The highest BCUT2D eigenvalue weighted by Gasteiger charge is 2.25. The van der Waals surface area contributed by atoms with Crippen molar-refractivity contribution < 1.29 is 0 Å². The maximum Gasteiger partial charge on any atom is 0.131 e. The molecule has 0 amide bonds. The minimum atomic E-state index is -0.00489. The number of anilines is 1. The van der Waals surface area contributed by atoms with Gasteiger partial charge in [-0.05, 0) is 24.3 Å². The molecule has 1 aliphatic rings. The zero-order chi connectivity index (χ0) is 14.5. The van der Waals surface area contributed by atoms with E-state index in [0.29, 0.717) is 0 Å². The fraction of sp³-hybridized carbons (Fsp3) is 0.471. The highest BCUT2D eigenvalue weighted by molar-refractivity contribution is 5.71. The molecule has 0 bridgehead atoms. The Bertz CT molecular complexity index is 625. The Kier molecular flexibility index (Phi) is 2.89. The van der Waals surface area contributed by atoms with Crippen LogP contribution in [0.5, 0.6) is 0 Å². The molecule has 1 aliphatic carbocycles. The standard InChI is InChI=1S/C17H23N3/c1-17(2,3)16-19-14(15(18)20(16)4)13-9-7-12(8-10-13)11-5-6-11/h7-11H,5-6,18H2,1-4H3. The molecule has 1 aromatic carbocycles. The Hall–Kier alpha value is -1.77. The molecule has 20 heavy (non-hydrogen) atoms. The third-order valence-corrected chi connectivity index (χ3v) is 4.04. The van der Waals surface area contributed by atoms with E-state index in [1.54, 1.807) is 0 Å². The van der Waals surface area contributed by atoms with Crippen LogP contribution in [0.2, 0.25) is 0 Å². The molecule has 0 aliphatic heterocycles. The topological polar surface area (TPSA) is 43.8 Å². The van der Waals surface area contributed by atoms with E-state index in [2.05, 4.69) is 45.0 Å². The number of nitrogen functional groups attached to an aromatic ring is 1. The van der Waals surface area contributed by atoms with Gasteiger partial charge in [-0.2, -0.15) is 0 Å². The van der Waals surface area contributed by atoms with Crippen LogP contribution in [0.15, 0.2) is 24.3 Å². The monoisotopic (exact) mass is 269 g/mol. The lowest BCUT2D eigenvalue weighted by Gasteiger charge is -2.17. The fourth-order valence-corrected chi connectivity index (χ4v) is 2.72. The molecule has 2 aromatic rings. The first-order valence-corrected chi connectivity index (χ1v) is 7.31. The Balaban J connectivity index is 2.01.